The molecule has 0 saturated heterocycles. The van der Waals surface area contributed by atoms with Crippen LogP contribution in [0.15, 0.2) is 64.3 Å². The van der Waals surface area contributed by atoms with Gasteiger partial charge in [-0.3, -0.25) is 9.69 Å². The first-order valence-corrected chi connectivity index (χ1v) is 8.96. The van der Waals surface area contributed by atoms with Crippen LogP contribution in [0, 0.1) is 0 Å². The molecule has 25 heavy (non-hydrogen) atoms. The summed E-state index contributed by atoms with van der Waals surface area (Å²) in [5, 5.41) is 0.577. The van der Waals surface area contributed by atoms with Crippen molar-refractivity contribution in [2.75, 3.05) is 11.5 Å². The number of carbonyl (C=O) groups excluding carboxylic acids is 2. The molecular weight excluding hydrogens is 406 g/mol. The van der Waals surface area contributed by atoms with Crippen LogP contribution in [0.1, 0.15) is 17.9 Å². The molecule has 2 aromatic rings. The molecular formula is C19H13BrClNO3. The van der Waals surface area contributed by atoms with Crippen molar-refractivity contribution < 1.29 is 14.3 Å². The second-order valence-electron chi connectivity index (χ2n) is 5.96. The Kier molecular flexibility index (Phi) is 4.13. The first kappa shape index (κ1) is 16.4. The molecule has 2 aliphatic rings. The van der Waals surface area contributed by atoms with Crippen LogP contribution in [-0.4, -0.2) is 18.5 Å². The number of hydrogen-bond donors (Lipinski definition) is 0. The minimum Gasteiger partial charge on any atom is -0.456 e. The van der Waals surface area contributed by atoms with Crippen molar-refractivity contribution in [1.82, 2.24) is 0 Å². The van der Waals surface area contributed by atoms with Gasteiger partial charge in [0, 0.05) is 27.5 Å². The van der Waals surface area contributed by atoms with Gasteiger partial charge in [-0.25, -0.2) is 4.79 Å². The molecule has 1 amide bonds. The van der Waals surface area contributed by atoms with Crippen molar-refractivity contribution in [3.05, 3.63) is 74.9 Å². The average Bonchev–Trinajstić information content (AvgIpc) is 2.96. The van der Waals surface area contributed by atoms with Gasteiger partial charge in [-0.1, -0.05) is 45.7 Å². The molecule has 4 rings (SSSR count). The molecule has 0 N–H and O–H groups in total. The molecule has 0 spiro atoms. The van der Waals surface area contributed by atoms with Gasteiger partial charge in [0.1, 0.15) is 6.61 Å². The van der Waals surface area contributed by atoms with E-state index >= 15 is 0 Å². The number of amides is 1. The van der Waals surface area contributed by atoms with Crippen molar-refractivity contribution in [3.8, 4) is 0 Å². The van der Waals surface area contributed by atoms with E-state index in [1.165, 1.54) is 0 Å². The Morgan fingerprint density at radius 3 is 2.68 bits per heavy atom. The van der Waals surface area contributed by atoms with Gasteiger partial charge in [-0.05, 0) is 35.9 Å². The number of nitrogens with zero attached hydrogens (tertiary/aromatic N) is 1. The maximum atomic E-state index is 12.9. The van der Waals surface area contributed by atoms with Crippen LogP contribution < -0.4 is 4.90 Å². The van der Waals surface area contributed by atoms with Crippen LogP contribution in [0.2, 0.25) is 5.02 Å². The van der Waals surface area contributed by atoms with Crippen molar-refractivity contribution in [3.63, 3.8) is 0 Å². The average molecular weight is 419 g/mol. The van der Waals surface area contributed by atoms with E-state index in [9.17, 15) is 9.59 Å². The third kappa shape index (κ3) is 2.87. The lowest BCUT2D eigenvalue weighted by molar-refractivity contribution is -0.136. The van der Waals surface area contributed by atoms with Gasteiger partial charge in [0.25, 0.3) is 0 Å². The molecule has 2 aliphatic heterocycles. The zero-order valence-electron chi connectivity index (χ0n) is 13.0. The fraction of sp³-hybridized carbons (Fsp3) is 0.158. The second-order valence-corrected chi connectivity index (χ2v) is 7.31. The zero-order valence-corrected chi connectivity index (χ0v) is 15.4. The Morgan fingerprint density at radius 1 is 1.12 bits per heavy atom. The molecule has 0 aromatic heterocycles. The number of hydrogen-bond acceptors (Lipinski definition) is 3. The third-order valence-electron chi connectivity index (χ3n) is 4.43. The van der Waals surface area contributed by atoms with Gasteiger partial charge in [0.15, 0.2) is 0 Å². The maximum absolute atomic E-state index is 12.9. The lowest BCUT2D eigenvalue weighted by Gasteiger charge is -2.32. The molecule has 2 aromatic carbocycles. The predicted octanol–water partition coefficient (Wildman–Crippen LogP) is 4.43. The summed E-state index contributed by atoms with van der Waals surface area (Å²) in [5.74, 6) is -0.771. The topological polar surface area (TPSA) is 46.6 Å². The van der Waals surface area contributed by atoms with E-state index in [2.05, 4.69) is 15.9 Å². The quantitative estimate of drug-likeness (QED) is 0.678. The number of rotatable bonds is 2. The van der Waals surface area contributed by atoms with E-state index in [0.29, 0.717) is 16.3 Å². The van der Waals surface area contributed by atoms with Crippen LogP contribution in [0.3, 0.4) is 0 Å². The molecule has 0 fully saturated rings. The summed E-state index contributed by atoms with van der Waals surface area (Å²) in [6.45, 7) is 0.101. The molecule has 1 atom stereocenters. The van der Waals surface area contributed by atoms with Gasteiger partial charge in [0.05, 0.1) is 11.3 Å². The van der Waals surface area contributed by atoms with Crippen LogP contribution >= 0.6 is 27.5 Å². The van der Waals surface area contributed by atoms with Crippen LogP contribution in [-0.2, 0) is 14.3 Å². The van der Waals surface area contributed by atoms with E-state index < -0.39 is 0 Å². The standard InChI is InChI=1S/C19H13BrClNO3/c20-12-4-2-6-14(8-12)22-16-10-25-19(24)18(16)15(9-17(22)23)11-3-1-5-13(21)7-11/h1-8,15H,9-10H2/t15-/m0/s1. The van der Waals surface area contributed by atoms with Gasteiger partial charge in [0.2, 0.25) is 5.91 Å². The molecule has 4 nitrogen and oxygen atoms in total. The molecule has 2 heterocycles. The zero-order chi connectivity index (χ0) is 17.6. The molecule has 0 unspecified atom stereocenters. The van der Waals surface area contributed by atoms with Gasteiger partial charge in [-0.2, -0.15) is 0 Å². The highest BCUT2D eigenvalue weighted by molar-refractivity contribution is 9.10. The summed E-state index contributed by atoms with van der Waals surface area (Å²) < 4.78 is 6.12. The third-order valence-corrected chi connectivity index (χ3v) is 5.16. The molecule has 0 radical (unpaired) electrons. The number of benzene rings is 2. The van der Waals surface area contributed by atoms with E-state index in [1.54, 1.807) is 17.0 Å². The fourth-order valence-corrected chi connectivity index (χ4v) is 3.96. The largest absolute Gasteiger partial charge is 0.456 e. The van der Waals surface area contributed by atoms with Crippen molar-refractivity contribution in [2.24, 2.45) is 0 Å². The summed E-state index contributed by atoms with van der Waals surface area (Å²) in [6.07, 6.45) is 0.195. The summed E-state index contributed by atoms with van der Waals surface area (Å²) in [4.78, 5) is 26.9. The van der Waals surface area contributed by atoms with Crippen molar-refractivity contribution in [2.45, 2.75) is 12.3 Å². The Bertz CT molecular complexity index is 924. The maximum Gasteiger partial charge on any atom is 0.336 e. The number of carbonyl (C=O) groups is 2. The second kappa shape index (κ2) is 6.32. The highest BCUT2D eigenvalue weighted by Gasteiger charge is 2.42. The number of cyclic esters (lactones) is 1. The minimum atomic E-state index is -0.368. The Balaban J connectivity index is 1.84. The van der Waals surface area contributed by atoms with Gasteiger partial charge >= 0.3 is 5.97 Å². The molecule has 0 aliphatic carbocycles. The Morgan fingerprint density at radius 2 is 1.92 bits per heavy atom. The van der Waals surface area contributed by atoms with E-state index in [-0.39, 0.29) is 30.8 Å². The lowest BCUT2D eigenvalue weighted by Crippen LogP contribution is -2.37. The summed E-state index contributed by atoms with van der Waals surface area (Å²) in [7, 11) is 0. The molecule has 126 valence electrons. The normalized spacial score (nSPS) is 19.9. The number of anilines is 1. The van der Waals surface area contributed by atoms with E-state index in [1.807, 2.05) is 36.4 Å². The Hall–Kier alpha value is -2.11. The number of ether oxygens (including phenoxy) is 1. The summed E-state index contributed by atoms with van der Waals surface area (Å²) >= 11 is 9.51. The highest BCUT2D eigenvalue weighted by atomic mass is 79.9. The van der Waals surface area contributed by atoms with Crippen molar-refractivity contribution >= 4 is 45.1 Å². The molecule has 6 heteroatoms. The fourth-order valence-electron chi connectivity index (χ4n) is 3.38. The molecule has 0 bridgehead atoms. The van der Waals surface area contributed by atoms with Crippen LogP contribution in [0.25, 0.3) is 0 Å². The van der Waals surface area contributed by atoms with E-state index in [0.717, 1.165) is 15.7 Å². The number of halogens is 2. The molecule has 0 saturated carbocycles. The highest BCUT2D eigenvalue weighted by Crippen LogP contribution is 2.42. The predicted molar refractivity (Wildman–Crippen MR) is 98.4 cm³/mol. The summed E-state index contributed by atoms with van der Waals surface area (Å²) in [6, 6.07) is 14.7. The minimum absolute atomic E-state index is 0.0693. The SMILES string of the molecule is O=C1OCC2=C1[C@H](c1cccc(Cl)c1)CC(=O)N2c1cccc(Br)c1. The van der Waals surface area contributed by atoms with Crippen LogP contribution in [0.4, 0.5) is 5.69 Å². The van der Waals surface area contributed by atoms with Gasteiger partial charge in [-0.15, -0.1) is 0 Å². The lowest BCUT2D eigenvalue weighted by atomic mass is 9.84. The summed E-state index contributed by atoms with van der Waals surface area (Å²) in [5.41, 5.74) is 2.72. The first-order chi connectivity index (χ1) is 12.0. The van der Waals surface area contributed by atoms with Crippen molar-refractivity contribution in [1.29, 1.82) is 0 Å². The number of esters is 1. The smallest absolute Gasteiger partial charge is 0.336 e. The van der Waals surface area contributed by atoms with Crippen LogP contribution in [0.5, 0.6) is 0 Å². The van der Waals surface area contributed by atoms with E-state index in [4.69, 9.17) is 16.3 Å². The van der Waals surface area contributed by atoms with Gasteiger partial charge < -0.3 is 4.74 Å². The monoisotopic (exact) mass is 417 g/mol. The Labute approximate surface area is 158 Å². The first-order valence-electron chi connectivity index (χ1n) is 7.79.